The van der Waals surface area contributed by atoms with Gasteiger partial charge in [-0.25, -0.2) is 4.99 Å². The zero-order valence-electron chi connectivity index (χ0n) is 14.2. The van der Waals surface area contributed by atoms with E-state index in [1.807, 2.05) is 24.0 Å². The summed E-state index contributed by atoms with van der Waals surface area (Å²) in [5, 5.41) is 10.9. The van der Waals surface area contributed by atoms with E-state index in [9.17, 15) is 0 Å². The number of nitrogens with one attached hydrogen (secondary N) is 2. The van der Waals surface area contributed by atoms with Crippen molar-refractivity contribution in [2.24, 2.45) is 18.0 Å². The number of aromatic nitrogens is 2. The molecular weight excluding hydrogens is 276 g/mol. The molecule has 0 bridgehead atoms. The van der Waals surface area contributed by atoms with Crippen molar-refractivity contribution in [3.05, 3.63) is 18.0 Å². The summed E-state index contributed by atoms with van der Waals surface area (Å²) in [5.74, 6) is 1.75. The fourth-order valence-corrected chi connectivity index (χ4v) is 2.80. The highest BCUT2D eigenvalue weighted by atomic mass is 15.3. The Labute approximate surface area is 134 Å². The summed E-state index contributed by atoms with van der Waals surface area (Å²) < 4.78 is 1.87. The molecule has 0 spiro atoms. The van der Waals surface area contributed by atoms with E-state index in [0.29, 0.717) is 6.54 Å². The van der Waals surface area contributed by atoms with Crippen LogP contribution in [0, 0.1) is 5.92 Å². The van der Waals surface area contributed by atoms with Gasteiger partial charge in [0.1, 0.15) is 0 Å². The molecule has 1 saturated heterocycles. The molecule has 6 nitrogen and oxygen atoms in total. The second-order valence-corrected chi connectivity index (χ2v) is 6.10. The Morgan fingerprint density at radius 3 is 2.73 bits per heavy atom. The van der Waals surface area contributed by atoms with E-state index in [2.05, 4.69) is 39.6 Å². The first kappa shape index (κ1) is 16.8. The Bertz CT molecular complexity index is 459. The number of piperidine rings is 1. The van der Waals surface area contributed by atoms with Gasteiger partial charge in [0, 0.05) is 26.3 Å². The average molecular weight is 306 g/mol. The molecule has 0 atom stereocenters. The number of aryl methyl sites for hydroxylation is 1. The zero-order chi connectivity index (χ0) is 15.8. The van der Waals surface area contributed by atoms with Crippen LogP contribution in [0.15, 0.2) is 17.3 Å². The summed E-state index contributed by atoms with van der Waals surface area (Å²) in [5.41, 5.74) is 1.12. The molecule has 22 heavy (non-hydrogen) atoms. The standard InChI is InChI=1S/C16H30N6/c1-4-17-16(19-13-15-6-10-20-22(15)3)18-9-5-14-7-11-21(2)12-8-14/h6,10,14H,4-5,7-9,11-13H2,1-3H3,(H2,17,18,19). The first-order chi connectivity index (χ1) is 10.7. The van der Waals surface area contributed by atoms with Crippen molar-refractivity contribution in [2.75, 3.05) is 33.2 Å². The van der Waals surface area contributed by atoms with Crippen LogP contribution in [0.1, 0.15) is 31.9 Å². The van der Waals surface area contributed by atoms with Gasteiger partial charge < -0.3 is 15.5 Å². The van der Waals surface area contributed by atoms with Crippen LogP contribution in [0.4, 0.5) is 0 Å². The van der Waals surface area contributed by atoms with Crippen LogP contribution >= 0.6 is 0 Å². The van der Waals surface area contributed by atoms with Crippen LogP contribution in [0.25, 0.3) is 0 Å². The van der Waals surface area contributed by atoms with Crippen LogP contribution in [0.2, 0.25) is 0 Å². The lowest BCUT2D eigenvalue weighted by molar-refractivity contribution is 0.213. The van der Waals surface area contributed by atoms with E-state index in [0.717, 1.165) is 30.7 Å². The van der Waals surface area contributed by atoms with E-state index in [-0.39, 0.29) is 0 Å². The minimum atomic E-state index is 0.653. The maximum absolute atomic E-state index is 4.64. The lowest BCUT2D eigenvalue weighted by Gasteiger charge is -2.29. The van der Waals surface area contributed by atoms with E-state index >= 15 is 0 Å². The van der Waals surface area contributed by atoms with Crippen molar-refractivity contribution >= 4 is 5.96 Å². The fourth-order valence-electron chi connectivity index (χ4n) is 2.80. The highest BCUT2D eigenvalue weighted by molar-refractivity contribution is 5.79. The van der Waals surface area contributed by atoms with Crippen LogP contribution in [-0.2, 0) is 13.6 Å². The summed E-state index contributed by atoms with van der Waals surface area (Å²) in [4.78, 5) is 7.06. The minimum absolute atomic E-state index is 0.653. The quantitative estimate of drug-likeness (QED) is 0.613. The third kappa shape index (κ3) is 5.33. The molecule has 2 N–H and O–H groups in total. The number of nitrogens with zero attached hydrogens (tertiary/aromatic N) is 4. The molecule has 1 aromatic rings. The topological polar surface area (TPSA) is 57.5 Å². The van der Waals surface area contributed by atoms with E-state index in [1.54, 1.807) is 0 Å². The van der Waals surface area contributed by atoms with Gasteiger partial charge in [0.15, 0.2) is 5.96 Å². The van der Waals surface area contributed by atoms with Gasteiger partial charge in [-0.15, -0.1) is 0 Å². The smallest absolute Gasteiger partial charge is 0.191 e. The summed E-state index contributed by atoms with van der Waals surface area (Å²) in [6, 6.07) is 2.01. The molecule has 1 aromatic heterocycles. The molecule has 0 saturated carbocycles. The van der Waals surface area contributed by atoms with Crippen LogP contribution < -0.4 is 10.6 Å². The predicted octanol–water partition coefficient (Wildman–Crippen LogP) is 1.21. The van der Waals surface area contributed by atoms with E-state index in [1.165, 1.54) is 32.4 Å². The molecule has 0 amide bonds. The highest BCUT2D eigenvalue weighted by Crippen LogP contribution is 2.18. The number of rotatable bonds is 6. The van der Waals surface area contributed by atoms with Gasteiger partial charge in [0.2, 0.25) is 0 Å². The van der Waals surface area contributed by atoms with Crippen molar-refractivity contribution in [3.8, 4) is 0 Å². The molecule has 2 heterocycles. The number of guanidine groups is 1. The Morgan fingerprint density at radius 1 is 1.32 bits per heavy atom. The van der Waals surface area contributed by atoms with Crippen molar-refractivity contribution in [1.82, 2.24) is 25.3 Å². The van der Waals surface area contributed by atoms with E-state index < -0.39 is 0 Å². The third-order valence-corrected chi connectivity index (χ3v) is 4.35. The van der Waals surface area contributed by atoms with Crippen LogP contribution in [0.3, 0.4) is 0 Å². The maximum Gasteiger partial charge on any atom is 0.191 e. The molecule has 6 heteroatoms. The van der Waals surface area contributed by atoms with Crippen molar-refractivity contribution in [3.63, 3.8) is 0 Å². The molecule has 0 aliphatic carbocycles. The molecule has 1 aliphatic rings. The molecular formula is C16H30N6. The van der Waals surface area contributed by atoms with Crippen molar-refractivity contribution in [2.45, 2.75) is 32.7 Å². The van der Waals surface area contributed by atoms with Gasteiger partial charge in [-0.3, -0.25) is 4.68 Å². The van der Waals surface area contributed by atoms with Crippen molar-refractivity contribution < 1.29 is 0 Å². The van der Waals surface area contributed by atoms with Crippen molar-refractivity contribution in [1.29, 1.82) is 0 Å². The molecule has 1 fully saturated rings. The first-order valence-corrected chi connectivity index (χ1v) is 8.36. The Kier molecular flexibility index (Phi) is 6.71. The molecule has 0 radical (unpaired) electrons. The van der Waals surface area contributed by atoms with Crippen LogP contribution in [-0.4, -0.2) is 53.9 Å². The summed E-state index contributed by atoms with van der Waals surface area (Å²) in [7, 11) is 4.16. The Morgan fingerprint density at radius 2 is 2.09 bits per heavy atom. The largest absolute Gasteiger partial charge is 0.357 e. The van der Waals surface area contributed by atoms with Gasteiger partial charge in [-0.05, 0) is 58.3 Å². The average Bonchev–Trinajstić information content (AvgIpc) is 2.92. The SMILES string of the molecule is CCNC(=NCc1ccnn1C)NCCC1CCN(C)CC1. The van der Waals surface area contributed by atoms with Crippen LogP contribution in [0.5, 0.6) is 0 Å². The summed E-state index contributed by atoms with van der Waals surface area (Å²) in [6.45, 7) is 7.09. The van der Waals surface area contributed by atoms with Gasteiger partial charge in [-0.2, -0.15) is 5.10 Å². The molecule has 2 rings (SSSR count). The van der Waals surface area contributed by atoms with Gasteiger partial charge >= 0.3 is 0 Å². The molecule has 124 valence electrons. The number of aliphatic imine (C=N–C) groups is 1. The number of likely N-dealkylation sites (tertiary alicyclic amines) is 1. The Balaban J connectivity index is 1.75. The summed E-state index contributed by atoms with van der Waals surface area (Å²) in [6.07, 6.45) is 5.68. The number of hydrogen-bond donors (Lipinski definition) is 2. The van der Waals surface area contributed by atoms with E-state index in [4.69, 9.17) is 0 Å². The van der Waals surface area contributed by atoms with Gasteiger partial charge in [0.25, 0.3) is 0 Å². The minimum Gasteiger partial charge on any atom is -0.357 e. The molecule has 1 aliphatic heterocycles. The molecule has 0 unspecified atom stereocenters. The van der Waals surface area contributed by atoms with Gasteiger partial charge in [0.05, 0.1) is 12.2 Å². The third-order valence-electron chi connectivity index (χ3n) is 4.35. The Hall–Kier alpha value is -1.56. The number of hydrogen-bond acceptors (Lipinski definition) is 3. The zero-order valence-corrected chi connectivity index (χ0v) is 14.2. The first-order valence-electron chi connectivity index (χ1n) is 8.36. The normalized spacial score (nSPS) is 17.7. The molecule has 0 aromatic carbocycles. The monoisotopic (exact) mass is 306 g/mol. The lowest BCUT2D eigenvalue weighted by atomic mass is 9.94. The second-order valence-electron chi connectivity index (χ2n) is 6.10. The van der Waals surface area contributed by atoms with Gasteiger partial charge in [-0.1, -0.05) is 0 Å². The fraction of sp³-hybridized carbons (Fsp3) is 0.750. The highest BCUT2D eigenvalue weighted by Gasteiger charge is 2.16. The summed E-state index contributed by atoms with van der Waals surface area (Å²) >= 11 is 0. The second kappa shape index (κ2) is 8.78. The lowest BCUT2D eigenvalue weighted by Crippen LogP contribution is -2.39. The maximum atomic E-state index is 4.64. The predicted molar refractivity (Wildman–Crippen MR) is 90.9 cm³/mol.